The van der Waals surface area contributed by atoms with Crippen LogP contribution in [0.25, 0.3) is 0 Å². The van der Waals surface area contributed by atoms with Crippen LogP contribution in [0.5, 0.6) is 0 Å². The van der Waals surface area contributed by atoms with Crippen molar-refractivity contribution in [1.82, 2.24) is 0 Å². The second-order valence-corrected chi connectivity index (χ2v) is 4.64. The third kappa shape index (κ3) is 0.627. The molecule has 2 aliphatic carbocycles. The lowest BCUT2D eigenvalue weighted by Crippen LogP contribution is -2.27. The van der Waals surface area contributed by atoms with Crippen LogP contribution in [0, 0.1) is 23.2 Å². The third-order valence-electron chi connectivity index (χ3n) is 4.10. The Bertz CT molecular complexity index is 142. The van der Waals surface area contributed by atoms with Crippen molar-refractivity contribution in [3.8, 4) is 0 Å². The summed E-state index contributed by atoms with van der Waals surface area (Å²) in [6.45, 7) is 7.29. The highest BCUT2D eigenvalue weighted by atomic mass is 14.5. The SMILES string of the molecule is CC1[C]2CCC(C2)C1(C)C. The van der Waals surface area contributed by atoms with Crippen LogP contribution in [0.1, 0.15) is 40.0 Å². The topological polar surface area (TPSA) is 0 Å². The molecule has 2 saturated carbocycles. The van der Waals surface area contributed by atoms with Crippen molar-refractivity contribution in [2.75, 3.05) is 0 Å². The highest BCUT2D eigenvalue weighted by Gasteiger charge is 2.50. The molecule has 2 aliphatic rings. The summed E-state index contributed by atoms with van der Waals surface area (Å²) in [5.74, 6) is 3.79. The molecule has 0 heterocycles. The molecule has 0 aromatic carbocycles. The quantitative estimate of drug-likeness (QED) is 0.481. The Morgan fingerprint density at radius 2 is 2.10 bits per heavy atom. The first-order valence-electron chi connectivity index (χ1n) is 4.47. The van der Waals surface area contributed by atoms with Gasteiger partial charge < -0.3 is 0 Å². The predicted octanol–water partition coefficient (Wildman–Crippen LogP) is 3.04. The smallest absolute Gasteiger partial charge is 0.0204 e. The molecular weight excluding hydrogens is 120 g/mol. The van der Waals surface area contributed by atoms with Gasteiger partial charge in [0, 0.05) is 0 Å². The van der Waals surface area contributed by atoms with E-state index in [1.165, 1.54) is 19.3 Å². The molecule has 2 rings (SSSR count). The van der Waals surface area contributed by atoms with Gasteiger partial charge >= 0.3 is 0 Å². The molecule has 2 atom stereocenters. The number of fused-ring (bicyclic) bond motifs is 2. The van der Waals surface area contributed by atoms with E-state index in [-0.39, 0.29) is 0 Å². The average Bonchev–Trinajstić information content (AvgIpc) is 2.37. The van der Waals surface area contributed by atoms with Gasteiger partial charge in [-0.15, -0.1) is 0 Å². The van der Waals surface area contributed by atoms with E-state index in [0.29, 0.717) is 5.41 Å². The molecule has 10 heavy (non-hydrogen) atoms. The number of hydrogen-bond donors (Lipinski definition) is 0. The summed E-state index contributed by atoms with van der Waals surface area (Å²) in [4.78, 5) is 0. The molecule has 0 nitrogen and oxygen atoms in total. The summed E-state index contributed by atoms with van der Waals surface area (Å²) in [5, 5.41) is 0. The van der Waals surface area contributed by atoms with Crippen molar-refractivity contribution < 1.29 is 0 Å². The highest BCUT2D eigenvalue weighted by Crippen LogP contribution is 2.60. The molecule has 0 heteroatoms. The van der Waals surface area contributed by atoms with Crippen LogP contribution in [-0.4, -0.2) is 0 Å². The van der Waals surface area contributed by atoms with Gasteiger partial charge in [-0.1, -0.05) is 20.8 Å². The lowest BCUT2D eigenvalue weighted by molar-refractivity contribution is 0.171. The first kappa shape index (κ1) is 6.69. The standard InChI is InChI=1S/C10H17/c1-7-8-4-5-9(6-8)10(7,2)3/h7,9H,4-6H2,1-3H3. The van der Waals surface area contributed by atoms with Gasteiger partial charge in [0.15, 0.2) is 0 Å². The Kier molecular flexibility index (Phi) is 1.19. The van der Waals surface area contributed by atoms with Crippen molar-refractivity contribution in [2.24, 2.45) is 17.3 Å². The van der Waals surface area contributed by atoms with Crippen molar-refractivity contribution in [3.05, 3.63) is 5.92 Å². The summed E-state index contributed by atoms with van der Waals surface area (Å²) in [7, 11) is 0. The van der Waals surface area contributed by atoms with E-state index >= 15 is 0 Å². The molecule has 1 radical (unpaired) electrons. The first-order valence-corrected chi connectivity index (χ1v) is 4.47. The van der Waals surface area contributed by atoms with Crippen molar-refractivity contribution in [3.63, 3.8) is 0 Å². The summed E-state index contributed by atoms with van der Waals surface area (Å²) in [6, 6.07) is 0. The van der Waals surface area contributed by atoms with Gasteiger partial charge in [-0.25, -0.2) is 0 Å². The number of rotatable bonds is 0. The molecule has 2 fully saturated rings. The Balaban J connectivity index is 2.25. The van der Waals surface area contributed by atoms with Gasteiger partial charge in [0.2, 0.25) is 0 Å². The fourth-order valence-electron chi connectivity index (χ4n) is 2.79. The summed E-state index contributed by atoms with van der Waals surface area (Å²) in [6.07, 6.45) is 4.37. The highest BCUT2D eigenvalue weighted by molar-refractivity contribution is 5.16. The predicted molar refractivity (Wildman–Crippen MR) is 43.5 cm³/mol. The van der Waals surface area contributed by atoms with E-state index in [2.05, 4.69) is 20.8 Å². The molecule has 0 aliphatic heterocycles. The van der Waals surface area contributed by atoms with E-state index in [1.54, 1.807) is 0 Å². The van der Waals surface area contributed by atoms with Crippen molar-refractivity contribution >= 4 is 0 Å². The van der Waals surface area contributed by atoms with Crippen LogP contribution in [-0.2, 0) is 0 Å². The van der Waals surface area contributed by atoms with Crippen LogP contribution >= 0.6 is 0 Å². The van der Waals surface area contributed by atoms with Gasteiger partial charge in [0.25, 0.3) is 0 Å². The Morgan fingerprint density at radius 3 is 2.40 bits per heavy atom. The first-order chi connectivity index (χ1) is 4.62. The zero-order chi connectivity index (χ0) is 7.35. The molecule has 0 amide bonds. The summed E-state index contributed by atoms with van der Waals surface area (Å²) in [5.41, 5.74) is 0.633. The molecule has 0 aromatic rings. The maximum atomic E-state index is 2.44. The van der Waals surface area contributed by atoms with Gasteiger partial charge in [0.05, 0.1) is 0 Å². The minimum Gasteiger partial charge on any atom is -0.0614 e. The largest absolute Gasteiger partial charge is 0.0614 e. The Labute approximate surface area is 64.0 Å². The summed E-state index contributed by atoms with van der Waals surface area (Å²) >= 11 is 0. The maximum Gasteiger partial charge on any atom is -0.0204 e. The average molecular weight is 137 g/mol. The fourth-order valence-corrected chi connectivity index (χ4v) is 2.79. The minimum absolute atomic E-state index is 0.633. The van der Waals surface area contributed by atoms with Gasteiger partial charge in [0.1, 0.15) is 0 Å². The molecule has 2 unspecified atom stereocenters. The molecule has 0 saturated heterocycles. The molecule has 0 N–H and O–H groups in total. The second-order valence-electron chi connectivity index (χ2n) is 4.64. The third-order valence-corrected chi connectivity index (χ3v) is 4.10. The van der Waals surface area contributed by atoms with E-state index < -0.39 is 0 Å². The van der Waals surface area contributed by atoms with E-state index in [4.69, 9.17) is 0 Å². The van der Waals surface area contributed by atoms with E-state index in [9.17, 15) is 0 Å². The van der Waals surface area contributed by atoms with Gasteiger partial charge in [-0.2, -0.15) is 0 Å². The van der Waals surface area contributed by atoms with Gasteiger partial charge in [-0.05, 0) is 42.4 Å². The molecule has 2 bridgehead atoms. The zero-order valence-electron chi connectivity index (χ0n) is 7.28. The lowest BCUT2D eigenvalue weighted by atomic mass is 9.70. The Hall–Kier alpha value is 0. The van der Waals surface area contributed by atoms with Crippen LogP contribution in [0.2, 0.25) is 0 Å². The fraction of sp³-hybridized carbons (Fsp3) is 0.900. The van der Waals surface area contributed by atoms with Crippen molar-refractivity contribution in [1.29, 1.82) is 0 Å². The van der Waals surface area contributed by atoms with Crippen LogP contribution in [0.4, 0.5) is 0 Å². The van der Waals surface area contributed by atoms with Crippen molar-refractivity contribution in [2.45, 2.75) is 40.0 Å². The molecule has 57 valence electrons. The van der Waals surface area contributed by atoms with Crippen LogP contribution < -0.4 is 0 Å². The second kappa shape index (κ2) is 1.78. The zero-order valence-corrected chi connectivity index (χ0v) is 7.28. The summed E-state index contributed by atoms with van der Waals surface area (Å²) < 4.78 is 0. The normalized spacial score (nSPS) is 44.7. The monoisotopic (exact) mass is 137 g/mol. The molecule has 0 aromatic heterocycles. The van der Waals surface area contributed by atoms with E-state index in [0.717, 1.165) is 11.8 Å². The maximum absolute atomic E-state index is 2.44. The molecule has 0 spiro atoms. The molecular formula is C10H17. The minimum atomic E-state index is 0.633. The number of hydrogen-bond acceptors (Lipinski definition) is 0. The lowest BCUT2D eigenvalue weighted by Gasteiger charge is -2.35. The van der Waals surface area contributed by atoms with E-state index in [1.807, 2.05) is 5.92 Å². The Morgan fingerprint density at radius 1 is 1.40 bits per heavy atom. The van der Waals surface area contributed by atoms with Crippen LogP contribution in [0.15, 0.2) is 0 Å². The van der Waals surface area contributed by atoms with Gasteiger partial charge in [-0.3, -0.25) is 0 Å². The van der Waals surface area contributed by atoms with Crippen LogP contribution in [0.3, 0.4) is 0 Å².